The van der Waals surface area contributed by atoms with E-state index in [9.17, 15) is 14.9 Å². The Morgan fingerprint density at radius 3 is 2.64 bits per heavy atom. The largest absolute Gasteiger partial charge is 0.459 e. The average Bonchev–Trinajstić information content (AvgIpc) is 2.36. The first-order valence-electron chi connectivity index (χ1n) is 6.62. The summed E-state index contributed by atoms with van der Waals surface area (Å²) in [5.41, 5.74) is 0.393. The first kappa shape index (κ1) is 18.0. The molecule has 120 valence electrons. The van der Waals surface area contributed by atoms with Gasteiger partial charge >= 0.3 is 5.97 Å². The molecule has 0 atom stereocenters. The number of ether oxygens (including phenoxy) is 1. The summed E-state index contributed by atoms with van der Waals surface area (Å²) >= 11 is 5.69. The third kappa shape index (κ3) is 7.68. The van der Waals surface area contributed by atoms with E-state index in [-0.39, 0.29) is 18.7 Å². The molecule has 1 aromatic rings. The molecular formula is C14H18ClN3O4. The Hall–Kier alpha value is -2.02. The second-order valence-corrected chi connectivity index (χ2v) is 6.01. The van der Waals surface area contributed by atoms with Gasteiger partial charge in [-0.3, -0.25) is 19.9 Å². The number of rotatable bonds is 6. The highest BCUT2D eigenvalue weighted by atomic mass is 35.5. The van der Waals surface area contributed by atoms with Gasteiger partial charge in [0.2, 0.25) is 6.54 Å². The van der Waals surface area contributed by atoms with Crippen LogP contribution in [0.25, 0.3) is 0 Å². The van der Waals surface area contributed by atoms with E-state index in [0.717, 1.165) is 5.56 Å². The number of nitrogens with zero attached hydrogens (tertiary/aromatic N) is 3. The summed E-state index contributed by atoms with van der Waals surface area (Å²) in [6, 6.07) is 3.30. The predicted molar refractivity (Wildman–Crippen MR) is 83.0 cm³/mol. The van der Waals surface area contributed by atoms with E-state index in [1.54, 1.807) is 32.9 Å². The lowest BCUT2D eigenvalue weighted by molar-refractivity contribution is -0.463. The van der Waals surface area contributed by atoms with E-state index < -0.39 is 23.0 Å². The fourth-order valence-electron chi connectivity index (χ4n) is 1.61. The smallest absolute Gasteiger partial charge is 0.328 e. The van der Waals surface area contributed by atoms with Gasteiger partial charge in [-0.2, -0.15) is 0 Å². The quantitative estimate of drug-likeness (QED) is 0.263. The summed E-state index contributed by atoms with van der Waals surface area (Å²) < 4.78 is 5.11. The van der Waals surface area contributed by atoms with Crippen LogP contribution in [0.1, 0.15) is 26.3 Å². The van der Waals surface area contributed by atoms with Crippen molar-refractivity contribution in [3.05, 3.63) is 39.2 Å². The topological polar surface area (TPSA) is 94.7 Å². The molecule has 0 aromatic carbocycles. The molecule has 8 heteroatoms. The standard InChI is InChI=1S/C14H18ClN3O4/c1-14(2,3)22-13(19)8-16-11(9-18(20)21)6-10-4-5-12(15)17-7-10/h4-5,7H,6,8-9H2,1-3H3. The van der Waals surface area contributed by atoms with Crippen molar-refractivity contribution >= 4 is 23.3 Å². The minimum Gasteiger partial charge on any atom is -0.459 e. The molecule has 0 saturated carbocycles. The molecule has 0 aliphatic carbocycles. The van der Waals surface area contributed by atoms with Crippen LogP contribution in [0.2, 0.25) is 5.15 Å². The lowest BCUT2D eigenvalue weighted by atomic mass is 10.1. The molecule has 0 spiro atoms. The van der Waals surface area contributed by atoms with Gasteiger partial charge in [-0.15, -0.1) is 0 Å². The lowest BCUT2D eigenvalue weighted by Gasteiger charge is -2.18. The number of halogens is 1. The molecule has 7 nitrogen and oxygen atoms in total. The third-order valence-electron chi connectivity index (χ3n) is 2.36. The van der Waals surface area contributed by atoms with Crippen LogP contribution in [-0.4, -0.2) is 40.3 Å². The summed E-state index contributed by atoms with van der Waals surface area (Å²) in [7, 11) is 0. The minimum absolute atomic E-state index is 0.230. The number of aromatic nitrogens is 1. The number of carbonyl (C=O) groups is 1. The van der Waals surface area contributed by atoms with Crippen molar-refractivity contribution < 1.29 is 14.5 Å². The Bertz CT molecular complexity index is 564. The van der Waals surface area contributed by atoms with Crippen LogP contribution in [0.5, 0.6) is 0 Å². The van der Waals surface area contributed by atoms with Crippen molar-refractivity contribution in [2.75, 3.05) is 13.1 Å². The van der Waals surface area contributed by atoms with E-state index in [1.807, 2.05) is 0 Å². The molecule has 0 aliphatic rings. The lowest BCUT2D eigenvalue weighted by Crippen LogP contribution is -2.26. The van der Waals surface area contributed by atoms with E-state index in [2.05, 4.69) is 9.98 Å². The van der Waals surface area contributed by atoms with Gasteiger partial charge in [0.05, 0.1) is 5.71 Å². The average molecular weight is 328 g/mol. The Kier molecular flexibility index (Phi) is 6.42. The fraction of sp³-hybridized carbons (Fsp3) is 0.500. The number of hydrogen-bond donors (Lipinski definition) is 0. The predicted octanol–water partition coefficient (Wildman–Crippen LogP) is 2.34. The summed E-state index contributed by atoms with van der Waals surface area (Å²) in [5, 5.41) is 11.0. The van der Waals surface area contributed by atoms with E-state index in [1.165, 1.54) is 6.20 Å². The molecular weight excluding hydrogens is 310 g/mol. The molecule has 22 heavy (non-hydrogen) atoms. The highest BCUT2D eigenvalue weighted by Gasteiger charge is 2.16. The van der Waals surface area contributed by atoms with Crippen molar-refractivity contribution in [1.82, 2.24) is 4.98 Å². The summed E-state index contributed by atoms with van der Waals surface area (Å²) in [6.45, 7) is 4.54. The van der Waals surface area contributed by atoms with Gasteiger partial charge in [-0.1, -0.05) is 17.7 Å². The molecule has 0 radical (unpaired) electrons. The number of pyridine rings is 1. The summed E-state index contributed by atoms with van der Waals surface area (Å²) in [4.78, 5) is 29.7. The van der Waals surface area contributed by atoms with Crippen LogP contribution in [-0.2, 0) is 16.0 Å². The number of carbonyl (C=O) groups excluding carboxylic acids is 1. The van der Waals surface area contributed by atoms with E-state index in [0.29, 0.717) is 5.15 Å². The maximum absolute atomic E-state index is 11.6. The van der Waals surface area contributed by atoms with Crippen molar-refractivity contribution in [3.63, 3.8) is 0 Å². The zero-order valence-electron chi connectivity index (χ0n) is 12.7. The number of hydrogen-bond acceptors (Lipinski definition) is 6. The molecule has 1 aromatic heterocycles. The molecule has 0 saturated heterocycles. The monoisotopic (exact) mass is 327 g/mol. The first-order valence-corrected chi connectivity index (χ1v) is 7.00. The van der Waals surface area contributed by atoms with Crippen molar-refractivity contribution in [2.24, 2.45) is 4.99 Å². The summed E-state index contributed by atoms with van der Waals surface area (Å²) in [5.74, 6) is -0.525. The van der Waals surface area contributed by atoms with Gasteiger partial charge in [0, 0.05) is 17.5 Å². The number of nitro groups is 1. The maximum Gasteiger partial charge on any atom is 0.328 e. The van der Waals surface area contributed by atoms with Crippen LogP contribution in [0.15, 0.2) is 23.3 Å². The molecule has 1 rings (SSSR count). The van der Waals surface area contributed by atoms with Gasteiger partial charge in [-0.05, 0) is 32.4 Å². The third-order valence-corrected chi connectivity index (χ3v) is 2.58. The van der Waals surface area contributed by atoms with Gasteiger partial charge in [0.15, 0.2) is 0 Å². The normalized spacial score (nSPS) is 12.1. The van der Waals surface area contributed by atoms with Crippen LogP contribution < -0.4 is 0 Å². The van der Waals surface area contributed by atoms with Gasteiger partial charge in [-0.25, -0.2) is 4.98 Å². The molecule has 0 amide bonds. The zero-order chi connectivity index (χ0) is 16.8. The molecule has 0 aliphatic heterocycles. The Morgan fingerprint density at radius 2 is 2.14 bits per heavy atom. The van der Waals surface area contributed by atoms with Crippen LogP contribution in [0.3, 0.4) is 0 Å². The SMILES string of the molecule is CC(C)(C)OC(=O)CN=C(Cc1ccc(Cl)nc1)C[N+](=O)[O-]. The molecule has 1 heterocycles. The molecule has 0 N–H and O–H groups in total. The van der Waals surface area contributed by atoms with Crippen LogP contribution in [0.4, 0.5) is 0 Å². The zero-order valence-corrected chi connectivity index (χ0v) is 13.5. The van der Waals surface area contributed by atoms with Crippen molar-refractivity contribution in [1.29, 1.82) is 0 Å². The van der Waals surface area contributed by atoms with Crippen molar-refractivity contribution in [3.8, 4) is 0 Å². The van der Waals surface area contributed by atoms with Crippen LogP contribution >= 0.6 is 11.6 Å². The Labute approximate surface area is 133 Å². The Balaban J connectivity index is 2.75. The highest BCUT2D eigenvalue weighted by molar-refractivity contribution is 6.29. The fourth-order valence-corrected chi connectivity index (χ4v) is 1.72. The summed E-state index contributed by atoms with van der Waals surface area (Å²) in [6.07, 6.45) is 1.75. The molecule has 0 fully saturated rings. The van der Waals surface area contributed by atoms with Gasteiger partial charge in [0.1, 0.15) is 17.3 Å². The molecule has 0 bridgehead atoms. The second-order valence-electron chi connectivity index (χ2n) is 5.63. The highest BCUT2D eigenvalue weighted by Crippen LogP contribution is 2.08. The van der Waals surface area contributed by atoms with Crippen molar-refractivity contribution in [2.45, 2.75) is 32.8 Å². The molecule has 0 unspecified atom stereocenters. The number of aliphatic imine (C=N–C) groups is 1. The van der Waals surface area contributed by atoms with Gasteiger partial charge < -0.3 is 4.74 Å². The van der Waals surface area contributed by atoms with Gasteiger partial charge in [0.25, 0.3) is 0 Å². The maximum atomic E-state index is 11.6. The Morgan fingerprint density at radius 1 is 1.45 bits per heavy atom. The second kappa shape index (κ2) is 7.84. The van der Waals surface area contributed by atoms with E-state index in [4.69, 9.17) is 16.3 Å². The van der Waals surface area contributed by atoms with Crippen LogP contribution in [0, 0.1) is 10.1 Å². The number of esters is 1. The minimum atomic E-state index is -0.615. The first-order chi connectivity index (χ1) is 10.2. The van der Waals surface area contributed by atoms with E-state index >= 15 is 0 Å².